The number of nitrogens with one attached hydrogen (secondary N) is 2. The van der Waals surface area contributed by atoms with Gasteiger partial charge in [-0.1, -0.05) is 65.7 Å². The molecule has 166 valence electrons. The third-order valence-electron chi connectivity index (χ3n) is 5.18. The molecule has 3 aromatic carbocycles. The summed E-state index contributed by atoms with van der Waals surface area (Å²) in [4.78, 5) is 39.0. The average Bonchev–Trinajstić information content (AvgIpc) is 2.84. The fourth-order valence-corrected chi connectivity index (χ4v) is 4.00. The number of aromatic nitrogens is 4. The number of para-hydroxylation sites is 2. The molecule has 0 bridgehead atoms. The van der Waals surface area contributed by atoms with E-state index in [1.54, 1.807) is 48.6 Å². The summed E-state index contributed by atoms with van der Waals surface area (Å²) in [6.45, 7) is 0. The second-order valence-electron chi connectivity index (χ2n) is 7.52. The van der Waals surface area contributed by atoms with Crippen molar-refractivity contribution >= 4 is 67.2 Å². The predicted octanol–water partition coefficient (Wildman–Crippen LogP) is 5.63. The lowest BCUT2D eigenvalue weighted by atomic mass is 10.1. The van der Waals surface area contributed by atoms with Gasteiger partial charge in [0.05, 0.1) is 31.9 Å². The Labute approximate surface area is 203 Å². The highest BCUT2D eigenvalue weighted by molar-refractivity contribution is 6.51. The van der Waals surface area contributed by atoms with Crippen molar-refractivity contribution < 1.29 is 0 Å². The number of hydrogen-bond donors (Lipinski definition) is 2. The number of halogens is 2. The van der Waals surface area contributed by atoms with Gasteiger partial charge in [-0.2, -0.15) is 0 Å². The van der Waals surface area contributed by atoms with Gasteiger partial charge >= 0.3 is 0 Å². The number of aromatic amines is 2. The molecule has 0 amide bonds. The second kappa shape index (κ2) is 9.09. The molecule has 2 heterocycles. The van der Waals surface area contributed by atoms with E-state index < -0.39 is 0 Å². The summed E-state index contributed by atoms with van der Waals surface area (Å²) >= 11 is 13.0. The molecule has 0 spiro atoms. The summed E-state index contributed by atoms with van der Waals surface area (Å²) < 4.78 is 0. The Hall–Kier alpha value is -4.00. The molecule has 0 fully saturated rings. The van der Waals surface area contributed by atoms with Crippen molar-refractivity contribution in [2.45, 2.75) is 0 Å². The van der Waals surface area contributed by atoms with Crippen LogP contribution in [0.5, 0.6) is 0 Å². The maximum Gasteiger partial charge on any atom is 0.259 e. The summed E-state index contributed by atoms with van der Waals surface area (Å²) in [5.41, 5.74) is 2.17. The first-order valence-corrected chi connectivity index (χ1v) is 11.1. The largest absolute Gasteiger partial charge is 0.305 e. The highest BCUT2D eigenvalue weighted by Crippen LogP contribution is 2.23. The normalized spacial score (nSPS) is 12.4. The number of rotatable bonds is 4. The van der Waals surface area contributed by atoms with Crippen LogP contribution in [0.15, 0.2) is 82.4 Å². The van der Waals surface area contributed by atoms with E-state index in [1.807, 2.05) is 36.4 Å². The lowest BCUT2D eigenvalue weighted by Gasteiger charge is -2.04. The van der Waals surface area contributed by atoms with E-state index in [1.165, 1.54) is 0 Å². The van der Waals surface area contributed by atoms with Gasteiger partial charge in [-0.15, -0.1) is 0 Å². The van der Waals surface area contributed by atoms with Crippen molar-refractivity contribution in [1.29, 1.82) is 0 Å². The van der Waals surface area contributed by atoms with Gasteiger partial charge in [-0.3, -0.25) is 9.59 Å². The van der Waals surface area contributed by atoms with Gasteiger partial charge in [0.2, 0.25) is 0 Å². The van der Waals surface area contributed by atoms with Crippen LogP contribution in [0.2, 0.25) is 0 Å². The van der Waals surface area contributed by atoms with E-state index in [0.717, 1.165) is 11.1 Å². The zero-order valence-electron chi connectivity index (χ0n) is 17.5. The van der Waals surface area contributed by atoms with Gasteiger partial charge in [-0.05, 0) is 53.6 Å². The van der Waals surface area contributed by atoms with Crippen molar-refractivity contribution in [1.82, 2.24) is 19.9 Å². The summed E-state index contributed by atoms with van der Waals surface area (Å²) in [6, 6.07) is 21.6. The molecule has 34 heavy (non-hydrogen) atoms. The summed E-state index contributed by atoms with van der Waals surface area (Å²) in [6.07, 6.45) is 3.41. The standard InChI is InChI=1S/C26H16Cl2N4O2/c27-19(23-29-21-10-3-1-8-17(21)25(33)31-23)13-15-6-5-7-16(12-15)14-20(28)24-30-22-11-4-2-9-18(22)26(34)32-24/h1-14H,(H,29,31,33)(H,30,32,34). The molecule has 6 nitrogen and oxygen atoms in total. The molecule has 0 atom stereocenters. The van der Waals surface area contributed by atoms with E-state index in [4.69, 9.17) is 23.2 Å². The maximum absolute atomic E-state index is 12.3. The highest BCUT2D eigenvalue weighted by atomic mass is 35.5. The molecular weight excluding hydrogens is 471 g/mol. The Morgan fingerprint density at radius 3 is 1.56 bits per heavy atom. The van der Waals surface area contributed by atoms with Gasteiger partial charge in [-0.25, -0.2) is 9.97 Å². The summed E-state index contributed by atoms with van der Waals surface area (Å²) in [5, 5.41) is 1.57. The molecule has 2 N–H and O–H groups in total. The SMILES string of the molecule is O=c1[nH]c(C(Cl)=Cc2cccc(C=C(Cl)c3nc4ccccc4c(=O)[nH]3)c2)nc2ccccc12. The number of hydrogen-bond acceptors (Lipinski definition) is 4. The van der Waals surface area contributed by atoms with Crippen molar-refractivity contribution in [2.75, 3.05) is 0 Å². The molecule has 2 aromatic heterocycles. The Bertz CT molecular complexity index is 1610. The van der Waals surface area contributed by atoms with E-state index >= 15 is 0 Å². The Balaban J connectivity index is 1.48. The van der Waals surface area contributed by atoms with E-state index in [9.17, 15) is 9.59 Å². The lowest BCUT2D eigenvalue weighted by molar-refractivity contribution is 1.14. The zero-order valence-corrected chi connectivity index (χ0v) is 19.1. The monoisotopic (exact) mass is 486 g/mol. The van der Waals surface area contributed by atoms with Gasteiger partial charge in [0, 0.05) is 0 Å². The third kappa shape index (κ3) is 4.41. The van der Waals surface area contributed by atoms with E-state index in [2.05, 4.69) is 19.9 Å². The Morgan fingerprint density at radius 1 is 0.647 bits per heavy atom. The van der Waals surface area contributed by atoms with Crippen molar-refractivity contribution in [2.24, 2.45) is 0 Å². The maximum atomic E-state index is 12.3. The van der Waals surface area contributed by atoms with Crippen LogP contribution in [0.3, 0.4) is 0 Å². The van der Waals surface area contributed by atoms with Gasteiger partial charge in [0.1, 0.15) is 0 Å². The van der Waals surface area contributed by atoms with Crippen LogP contribution in [-0.4, -0.2) is 19.9 Å². The molecule has 8 heteroatoms. The molecule has 0 saturated carbocycles. The number of nitrogens with zero attached hydrogens (tertiary/aromatic N) is 2. The molecule has 0 radical (unpaired) electrons. The van der Waals surface area contributed by atoms with Crippen LogP contribution in [0, 0.1) is 0 Å². The minimum absolute atomic E-state index is 0.257. The van der Waals surface area contributed by atoms with Gasteiger partial charge in [0.15, 0.2) is 11.6 Å². The fourth-order valence-electron chi connectivity index (χ4n) is 3.57. The first-order chi connectivity index (χ1) is 16.5. The van der Waals surface area contributed by atoms with Crippen LogP contribution in [-0.2, 0) is 0 Å². The number of fused-ring (bicyclic) bond motifs is 2. The van der Waals surface area contributed by atoms with Crippen molar-refractivity contribution in [3.05, 3.63) is 116 Å². The minimum Gasteiger partial charge on any atom is -0.305 e. The lowest BCUT2D eigenvalue weighted by Crippen LogP contribution is -2.10. The van der Waals surface area contributed by atoms with Gasteiger partial charge < -0.3 is 9.97 Å². The predicted molar refractivity (Wildman–Crippen MR) is 139 cm³/mol. The molecule has 5 rings (SSSR count). The summed E-state index contributed by atoms with van der Waals surface area (Å²) in [7, 11) is 0. The van der Waals surface area contributed by atoms with E-state index in [-0.39, 0.29) is 32.8 Å². The third-order valence-corrected chi connectivity index (χ3v) is 5.75. The summed E-state index contributed by atoms with van der Waals surface area (Å²) in [5.74, 6) is 0.560. The molecule has 0 aliphatic rings. The van der Waals surface area contributed by atoms with Crippen LogP contribution in [0.25, 0.3) is 44.0 Å². The second-order valence-corrected chi connectivity index (χ2v) is 8.33. The molecule has 5 aromatic rings. The topological polar surface area (TPSA) is 91.5 Å². The quantitative estimate of drug-likeness (QED) is 0.344. The first kappa shape index (κ1) is 21.8. The molecule has 0 unspecified atom stereocenters. The number of H-pyrrole nitrogens is 2. The van der Waals surface area contributed by atoms with Crippen LogP contribution >= 0.6 is 23.2 Å². The molecule has 0 aliphatic heterocycles. The van der Waals surface area contributed by atoms with Gasteiger partial charge in [0.25, 0.3) is 11.1 Å². The molecular formula is C26H16Cl2N4O2. The van der Waals surface area contributed by atoms with E-state index in [0.29, 0.717) is 21.8 Å². The Morgan fingerprint density at radius 2 is 1.09 bits per heavy atom. The highest BCUT2D eigenvalue weighted by Gasteiger charge is 2.08. The van der Waals surface area contributed by atoms with Crippen LogP contribution in [0.1, 0.15) is 22.8 Å². The molecule has 0 saturated heterocycles. The number of benzene rings is 3. The first-order valence-electron chi connectivity index (χ1n) is 10.3. The molecule has 0 aliphatic carbocycles. The average molecular weight is 487 g/mol. The Kier molecular flexibility index (Phi) is 5.84. The zero-order chi connectivity index (χ0) is 23.7. The van der Waals surface area contributed by atoms with Crippen LogP contribution < -0.4 is 11.1 Å². The fraction of sp³-hybridized carbons (Fsp3) is 0. The van der Waals surface area contributed by atoms with Crippen LogP contribution in [0.4, 0.5) is 0 Å². The minimum atomic E-state index is -0.257. The smallest absolute Gasteiger partial charge is 0.259 e. The van der Waals surface area contributed by atoms with Crippen molar-refractivity contribution in [3.8, 4) is 0 Å². The van der Waals surface area contributed by atoms with Crippen molar-refractivity contribution in [3.63, 3.8) is 0 Å².